The normalized spacial score (nSPS) is 16.6. The molecule has 1 aliphatic rings. The highest BCUT2D eigenvalue weighted by atomic mass is 19.3. The second kappa shape index (κ2) is 7.48. The van der Waals surface area contributed by atoms with Gasteiger partial charge in [0.1, 0.15) is 5.82 Å². The van der Waals surface area contributed by atoms with E-state index in [0.717, 1.165) is 25.9 Å². The average molecular weight is 371 g/mol. The summed E-state index contributed by atoms with van der Waals surface area (Å²) < 4.78 is 30.1. The number of aromatic nitrogens is 4. The standard InChI is InChI=1S/C19H19F2N5O/c20-16(21)18-26-25-17(27-18)13-11-23-15(24-12-13)10-19(6-8-22-9-7-19)14-4-2-1-3-5-14/h1-5,11-12,16,22H,6-10H2. The maximum absolute atomic E-state index is 12.6. The molecule has 0 amide bonds. The zero-order valence-electron chi connectivity index (χ0n) is 14.6. The minimum absolute atomic E-state index is 0.00325. The maximum Gasteiger partial charge on any atom is 0.314 e. The number of rotatable bonds is 5. The van der Waals surface area contributed by atoms with Crippen molar-refractivity contribution in [3.8, 4) is 11.5 Å². The van der Waals surface area contributed by atoms with Crippen LogP contribution in [0, 0.1) is 0 Å². The molecule has 1 aliphatic heterocycles. The molecule has 4 rings (SSSR count). The van der Waals surface area contributed by atoms with E-state index in [1.807, 2.05) is 6.07 Å². The number of hydrogen-bond donors (Lipinski definition) is 1. The lowest BCUT2D eigenvalue weighted by atomic mass is 9.70. The van der Waals surface area contributed by atoms with Gasteiger partial charge in [0.05, 0.1) is 5.56 Å². The van der Waals surface area contributed by atoms with Crippen molar-refractivity contribution < 1.29 is 13.2 Å². The van der Waals surface area contributed by atoms with Crippen molar-refractivity contribution in [1.82, 2.24) is 25.5 Å². The summed E-state index contributed by atoms with van der Waals surface area (Å²) in [6, 6.07) is 10.4. The first kappa shape index (κ1) is 17.7. The van der Waals surface area contributed by atoms with E-state index in [-0.39, 0.29) is 11.3 Å². The summed E-state index contributed by atoms with van der Waals surface area (Å²) in [4.78, 5) is 8.85. The van der Waals surface area contributed by atoms with Gasteiger partial charge in [0.25, 0.3) is 11.8 Å². The summed E-state index contributed by atoms with van der Waals surface area (Å²) in [5.74, 6) is 0.00130. The van der Waals surface area contributed by atoms with Crippen LogP contribution in [0.1, 0.15) is 36.5 Å². The van der Waals surface area contributed by atoms with Crippen molar-refractivity contribution in [1.29, 1.82) is 0 Å². The molecule has 6 nitrogen and oxygen atoms in total. The van der Waals surface area contributed by atoms with Crippen LogP contribution in [0.25, 0.3) is 11.5 Å². The van der Waals surface area contributed by atoms with Gasteiger partial charge in [-0.05, 0) is 31.5 Å². The molecule has 0 aliphatic carbocycles. The van der Waals surface area contributed by atoms with Crippen molar-refractivity contribution in [2.75, 3.05) is 13.1 Å². The Morgan fingerprint density at radius 2 is 1.74 bits per heavy atom. The number of hydrogen-bond acceptors (Lipinski definition) is 6. The molecule has 0 unspecified atom stereocenters. The van der Waals surface area contributed by atoms with Crippen LogP contribution in [-0.2, 0) is 11.8 Å². The Balaban J connectivity index is 1.57. The van der Waals surface area contributed by atoms with Gasteiger partial charge in [-0.15, -0.1) is 10.2 Å². The Hall–Kier alpha value is -2.74. The van der Waals surface area contributed by atoms with Crippen LogP contribution in [0.4, 0.5) is 8.78 Å². The van der Waals surface area contributed by atoms with Gasteiger partial charge in [0.2, 0.25) is 0 Å². The minimum Gasteiger partial charge on any atom is -0.415 e. The largest absolute Gasteiger partial charge is 0.415 e. The number of benzene rings is 1. The molecule has 1 aromatic carbocycles. The van der Waals surface area contributed by atoms with E-state index in [4.69, 9.17) is 4.42 Å². The van der Waals surface area contributed by atoms with Crippen molar-refractivity contribution in [3.63, 3.8) is 0 Å². The Morgan fingerprint density at radius 1 is 1.04 bits per heavy atom. The lowest BCUT2D eigenvalue weighted by Gasteiger charge is -2.38. The molecular weight excluding hydrogens is 352 g/mol. The summed E-state index contributed by atoms with van der Waals surface area (Å²) in [5.41, 5.74) is 1.70. The molecule has 3 heterocycles. The summed E-state index contributed by atoms with van der Waals surface area (Å²) in [5, 5.41) is 10.4. The van der Waals surface area contributed by atoms with E-state index in [9.17, 15) is 8.78 Å². The van der Waals surface area contributed by atoms with Crippen LogP contribution in [0.15, 0.2) is 47.1 Å². The van der Waals surface area contributed by atoms with E-state index < -0.39 is 12.3 Å². The molecule has 0 bridgehead atoms. The minimum atomic E-state index is -2.79. The van der Waals surface area contributed by atoms with Gasteiger partial charge in [-0.3, -0.25) is 0 Å². The lowest BCUT2D eigenvalue weighted by Crippen LogP contribution is -2.41. The van der Waals surface area contributed by atoms with Gasteiger partial charge in [-0.1, -0.05) is 30.3 Å². The third-order valence-electron chi connectivity index (χ3n) is 5.02. The highest BCUT2D eigenvalue weighted by Crippen LogP contribution is 2.36. The average Bonchev–Trinajstić information content (AvgIpc) is 3.21. The molecule has 140 valence electrons. The van der Waals surface area contributed by atoms with Crippen molar-refractivity contribution in [3.05, 3.63) is 60.0 Å². The molecule has 1 N–H and O–H groups in total. The number of nitrogens with one attached hydrogen (secondary N) is 1. The van der Waals surface area contributed by atoms with Gasteiger partial charge in [0.15, 0.2) is 0 Å². The van der Waals surface area contributed by atoms with Gasteiger partial charge in [-0.2, -0.15) is 8.78 Å². The molecule has 27 heavy (non-hydrogen) atoms. The highest BCUT2D eigenvalue weighted by Gasteiger charge is 2.34. The molecule has 0 spiro atoms. The first-order chi connectivity index (χ1) is 13.2. The van der Waals surface area contributed by atoms with Gasteiger partial charge in [0, 0.05) is 24.2 Å². The van der Waals surface area contributed by atoms with Crippen LogP contribution in [-0.4, -0.2) is 33.3 Å². The Bertz CT molecular complexity index is 877. The van der Waals surface area contributed by atoms with Crippen LogP contribution < -0.4 is 5.32 Å². The fourth-order valence-corrected chi connectivity index (χ4v) is 3.56. The summed E-state index contributed by atoms with van der Waals surface area (Å²) in [7, 11) is 0. The number of piperidine rings is 1. The number of alkyl halides is 2. The fraction of sp³-hybridized carbons (Fsp3) is 0.368. The van der Waals surface area contributed by atoms with Crippen LogP contribution in [0.2, 0.25) is 0 Å². The number of nitrogens with zero attached hydrogens (tertiary/aromatic N) is 4. The summed E-state index contributed by atoms with van der Waals surface area (Å²) >= 11 is 0. The van der Waals surface area contributed by atoms with E-state index in [1.54, 1.807) is 12.4 Å². The topological polar surface area (TPSA) is 76.7 Å². The smallest absolute Gasteiger partial charge is 0.314 e. The van der Waals surface area contributed by atoms with E-state index in [0.29, 0.717) is 17.8 Å². The molecule has 1 saturated heterocycles. The zero-order chi connectivity index (χ0) is 18.7. The van der Waals surface area contributed by atoms with Gasteiger partial charge < -0.3 is 9.73 Å². The van der Waals surface area contributed by atoms with Crippen LogP contribution in [0.3, 0.4) is 0 Å². The third-order valence-corrected chi connectivity index (χ3v) is 5.02. The van der Waals surface area contributed by atoms with Crippen LogP contribution >= 0.6 is 0 Å². The second-order valence-corrected chi connectivity index (χ2v) is 6.71. The monoisotopic (exact) mass is 371 g/mol. The molecule has 0 saturated carbocycles. The van der Waals surface area contributed by atoms with E-state index in [1.165, 1.54) is 5.56 Å². The lowest BCUT2D eigenvalue weighted by molar-refractivity contribution is 0.116. The second-order valence-electron chi connectivity index (χ2n) is 6.71. The van der Waals surface area contributed by atoms with Gasteiger partial charge >= 0.3 is 6.43 Å². The molecular formula is C19H19F2N5O. The molecule has 2 aromatic heterocycles. The zero-order valence-corrected chi connectivity index (χ0v) is 14.6. The summed E-state index contributed by atoms with van der Waals surface area (Å²) in [6.45, 7) is 1.90. The maximum atomic E-state index is 12.6. The Morgan fingerprint density at radius 3 is 2.37 bits per heavy atom. The SMILES string of the molecule is FC(F)c1nnc(-c2cnc(CC3(c4ccccc4)CCNCC3)nc2)o1. The Labute approximate surface area is 155 Å². The molecule has 0 atom stereocenters. The number of halogens is 2. The molecule has 0 radical (unpaired) electrons. The first-order valence-electron chi connectivity index (χ1n) is 8.85. The van der Waals surface area contributed by atoms with Crippen molar-refractivity contribution >= 4 is 0 Å². The first-order valence-corrected chi connectivity index (χ1v) is 8.85. The fourth-order valence-electron chi connectivity index (χ4n) is 3.56. The summed E-state index contributed by atoms with van der Waals surface area (Å²) in [6.07, 6.45) is 3.02. The highest BCUT2D eigenvalue weighted by molar-refractivity contribution is 5.48. The van der Waals surface area contributed by atoms with Crippen molar-refractivity contribution in [2.45, 2.75) is 31.1 Å². The predicted molar refractivity (Wildman–Crippen MR) is 94.2 cm³/mol. The molecule has 8 heteroatoms. The van der Waals surface area contributed by atoms with Crippen molar-refractivity contribution in [2.24, 2.45) is 0 Å². The van der Waals surface area contributed by atoms with Gasteiger partial charge in [-0.25, -0.2) is 9.97 Å². The third kappa shape index (κ3) is 3.71. The van der Waals surface area contributed by atoms with E-state index >= 15 is 0 Å². The molecule has 3 aromatic rings. The van der Waals surface area contributed by atoms with E-state index in [2.05, 4.69) is 49.7 Å². The quantitative estimate of drug-likeness (QED) is 0.741. The molecule has 1 fully saturated rings. The van der Waals surface area contributed by atoms with Crippen LogP contribution in [0.5, 0.6) is 0 Å². The Kier molecular flexibility index (Phi) is 4.89. The predicted octanol–water partition coefficient (Wildman–Crippen LogP) is 3.33.